The number of carbonyl (C=O) groups excluding carboxylic acids is 2. The normalized spacial score (nSPS) is 23.4. The second kappa shape index (κ2) is 4.94. The lowest BCUT2D eigenvalue weighted by Gasteiger charge is -2.39. The van der Waals surface area contributed by atoms with Gasteiger partial charge in [0.15, 0.2) is 6.39 Å². The molecule has 0 unspecified atom stereocenters. The van der Waals surface area contributed by atoms with Crippen LogP contribution in [0.3, 0.4) is 0 Å². The van der Waals surface area contributed by atoms with Crippen LogP contribution in [0.5, 0.6) is 0 Å². The zero-order valence-electron chi connectivity index (χ0n) is 12.9. The Morgan fingerprint density at radius 3 is 2.96 bits per heavy atom. The summed E-state index contributed by atoms with van der Waals surface area (Å²) in [4.78, 5) is 32.7. The van der Waals surface area contributed by atoms with Crippen molar-refractivity contribution in [2.75, 3.05) is 25.0 Å². The van der Waals surface area contributed by atoms with Crippen molar-refractivity contribution >= 4 is 17.5 Å². The molecule has 6 nitrogen and oxygen atoms in total. The Kier molecular flexibility index (Phi) is 3.01. The van der Waals surface area contributed by atoms with Crippen LogP contribution in [0, 0.1) is 0 Å². The molecule has 3 heterocycles. The Labute approximate surface area is 133 Å². The summed E-state index contributed by atoms with van der Waals surface area (Å²) < 4.78 is 5.12. The van der Waals surface area contributed by atoms with E-state index in [-0.39, 0.29) is 17.6 Å². The second-order valence-corrected chi connectivity index (χ2v) is 6.16. The molecule has 1 fully saturated rings. The minimum atomic E-state index is -0.640. The van der Waals surface area contributed by atoms with Crippen molar-refractivity contribution in [1.82, 2.24) is 9.88 Å². The molecule has 1 atom stereocenters. The number of likely N-dealkylation sites (N-methyl/N-ethyl adjacent to an activating group) is 1. The molecule has 0 N–H and O–H groups in total. The maximum absolute atomic E-state index is 12.9. The van der Waals surface area contributed by atoms with E-state index in [9.17, 15) is 9.59 Å². The minimum absolute atomic E-state index is 0.0637. The van der Waals surface area contributed by atoms with Crippen molar-refractivity contribution in [3.05, 3.63) is 48.2 Å². The molecule has 4 rings (SSSR count). The fourth-order valence-electron chi connectivity index (χ4n) is 3.82. The van der Waals surface area contributed by atoms with Gasteiger partial charge in [0.1, 0.15) is 0 Å². The third-order valence-corrected chi connectivity index (χ3v) is 4.92. The molecule has 1 aromatic carbocycles. The highest BCUT2D eigenvalue weighted by Crippen LogP contribution is 2.46. The van der Waals surface area contributed by atoms with Gasteiger partial charge in [0, 0.05) is 25.8 Å². The molecule has 6 heteroatoms. The first-order valence-electron chi connectivity index (χ1n) is 7.69. The predicted octanol–water partition coefficient (Wildman–Crippen LogP) is 1.82. The molecular weight excluding hydrogens is 294 g/mol. The van der Waals surface area contributed by atoms with Crippen molar-refractivity contribution in [3.63, 3.8) is 0 Å². The summed E-state index contributed by atoms with van der Waals surface area (Å²) in [6, 6.07) is 7.84. The van der Waals surface area contributed by atoms with Crippen molar-refractivity contribution in [2.24, 2.45) is 0 Å². The number of amides is 2. The summed E-state index contributed by atoms with van der Waals surface area (Å²) in [5, 5.41) is 0. The van der Waals surface area contributed by atoms with Crippen molar-refractivity contribution in [1.29, 1.82) is 0 Å². The summed E-state index contributed by atoms with van der Waals surface area (Å²) in [6.45, 7) is 1.01. The predicted molar refractivity (Wildman–Crippen MR) is 83.2 cm³/mol. The summed E-state index contributed by atoms with van der Waals surface area (Å²) in [6.07, 6.45) is 4.21. The number of fused-ring (bicyclic) bond motifs is 2. The molecular formula is C17H17N3O3. The van der Waals surface area contributed by atoms with Gasteiger partial charge in [0.2, 0.25) is 11.7 Å². The highest BCUT2D eigenvalue weighted by Gasteiger charge is 2.52. The monoisotopic (exact) mass is 311 g/mol. The SMILES string of the molecule is CN1C(=O)[C@@]2(CCCN(C(=O)c3cnco3)C2)c2ccccc21. The van der Waals surface area contributed by atoms with E-state index in [0.717, 1.165) is 24.1 Å². The fraction of sp³-hybridized carbons (Fsp3) is 0.353. The number of piperidine rings is 1. The lowest BCUT2D eigenvalue weighted by molar-refractivity contribution is -0.124. The zero-order chi connectivity index (χ0) is 16.0. The highest BCUT2D eigenvalue weighted by molar-refractivity contribution is 6.08. The van der Waals surface area contributed by atoms with E-state index < -0.39 is 5.41 Å². The number of likely N-dealkylation sites (tertiary alicyclic amines) is 1. The Bertz CT molecular complexity index is 771. The van der Waals surface area contributed by atoms with Gasteiger partial charge in [-0.15, -0.1) is 0 Å². The maximum Gasteiger partial charge on any atom is 0.291 e. The summed E-state index contributed by atoms with van der Waals surface area (Å²) in [5.74, 6) is 0.0734. The first kappa shape index (κ1) is 14.0. The van der Waals surface area contributed by atoms with Crippen LogP contribution in [0.25, 0.3) is 0 Å². The number of carbonyl (C=O) groups is 2. The average Bonchev–Trinajstić information content (AvgIpc) is 3.19. The van der Waals surface area contributed by atoms with Crippen molar-refractivity contribution < 1.29 is 14.0 Å². The maximum atomic E-state index is 12.9. The van der Waals surface area contributed by atoms with E-state index in [1.807, 2.05) is 24.3 Å². The summed E-state index contributed by atoms with van der Waals surface area (Å²) >= 11 is 0. The number of benzene rings is 1. The van der Waals surface area contributed by atoms with Crippen LogP contribution >= 0.6 is 0 Å². The minimum Gasteiger partial charge on any atom is -0.438 e. The van der Waals surface area contributed by atoms with Gasteiger partial charge in [-0.25, -0.2) is 4.98 Å². The molecule has 2 aliphatic rings. The number of anilines is 1. The number of hydrogen-bond donors (Lipinski definition) is 0. The average molecular weight is 311 g/mol. The molecule has 1 aromatic heterocycles. The standard InChI is InChI=1S/C17H17N3O3/c1-19-13-6-3-2-5-12(13)17(16(19)22)7-4-8-20(10-17)15(21)14-9-18-11-23-14/h2-3,5-6,9,11H,4,7-8,10H2,1H3/t17-/m1/s1. The van der Waals surface area contributed by atoms with E-state index in [0.29, 0.717) is 13.1 Å². The van der Waals surface area contributed by atoms with Gasteiger partial charge in [-0.05, 0) is 24.5 Å². The van der Waals surface area contributed by atoms with Gasteiger partial charge in [-0.1, -0.05) is 18.2 Å². The Hall–Kier alpha value is -2.63. The van der Waals surface area contributed by atoms with Crippen molar-refractivity contribution in [3.8, 4) is 0 Å². The Balaban J connectivity index is 1.72. The van der Waals surface area contributed by atoms with E-state index >= 15 is 0 Å². The summed E-state index contributed by atoms with van der Waals surface area (Å²) in [5.41, 5.74) is 1.31. The quantitative estimate of drug-likeness (QED) is 0.806. The Morgan fingerprint density at radius 2 is 2.17 bits per heavy atom. The number of para-hydroxylation sites is 1. The number of rotatable bonds is 1. The molecule has 118 valence electrons. The van der Waals surface area contributed by atoms with Crippen molar-refractivity contribution in [2.45, 2.75) is 18.3 Å². The first-order chi connectivity index (χ1) is 11.1. The molecule has 0 saturated carbocycles. The number of hydrogen-bond acceptors (Lipinski definition) is 4. The van der Waals surface area contributed by atoms with Crippen LogP contribution in [0.4, 0.5) is 5.69 Å². The molecule has 0 bridgehead atoms. The number of aromatic nitrogens is 1. The largest absolute Gasteiger partial charge is 0.438 e. The lowest BCUT2D eigenvalue weighted by Crippen LogP contribution is -2.53. The number of nitrogens with zero attached hydrogens (tertiary/aromatic N) is 3. The van der Waals surface area contributed by atoms with Crippen LogP contribution in [-0.4, -0.2) is 41.8 Å². The van der Waals surface area contributed by atoms with E-state index in [1.54, 1.807) is 16.8 Å². The van der Waals surface area contributed by atoms with Gasteiger partial charge in [-0.3, -0.25) is 9.59 Å². The molecule has 2 aromatic rings. The third-order valence-electron chi connectivity index (χ3n) is 4.92. The van der Waals surface area contributed by atoms with Gasteiger partial charge in [-0.2, -0.15) is 0 Å². The molecule has 23 heavy (non-hydrogen) atoms. The smallest absolute Gasteiger partial charge is 0.291 e. The van der Waals surface area contributed by atoms with Crippen LogP contribution in [0.2, 0.25) is 0 Å². The van der Waals surface area contributed by atoms with Gasteiger partial charge in [0.25, 0.3) is 5.91 Å². The van der Waals surface area contributed by atoms with Crippen LogP contribution in [0.15, 0.2) is 41.3 Å². The molecule has 2 amide bonds. The molecule has 1 spiro atoms. The topological polar surface area (TPSA) is 66.7 Å². The molecule has 1 saturated heterocycles. The van der Waals surface area contributed by atoms with E-state index in [4.69, 9.17) is 4.42 Å². The van der Waals surface area contributed by atoms with E-state index in [2.05, 4.69) is 4.98 Å². The zero-order valence-corrected chi connectivity index (χ0v) is 12.9. The summed E-state index contributed by atoms with van der Waals surface area (Å²) in [7, 11) is 1.80. The van der Waals surface area contributed by atoms with E-state index in [1.165, 1.54) is 12.6 Å². The third kappa shape index (κ3) is 1.91. The second-order valence-electron chi connectivity index (χ2n) is 6.16. The first-order valence-corrected chi connectivity index (χ1v) is 7.69. The highest BCUT2D eigenvalue weighted by atomic mass is 16.3. The van der Waals surface area contributed by atoms with Gasteiger partial charge >= 0.3 is 0 Å². The van der Waals surface area contributed by atoms with Crippen LogP contribution in [-0.2, 0) is 10.2 Å². The fourth-order valence-corrected chi connectivity index (χ4v) is 3.82. The Morgan fingerprint density at radius 1 is 1.35 bits per heavy atom. The molecule has 0 aliphatic carbocycles. The molecule has 2 aliphatic heterocycles. The van der Waals surface area contributed by atoms with Gasteiger partial charge < -0.3 is 14.2 Å². The molecule has 0 radical (unpaired) electrons. The van der Waals surface area contributed by atoms with Gasteiger partial charge in [0.05, 0.1) is 11.6 Å². The number of oxazole rings is 1. The lowest BCUT2D eigenvalue weighted by atomic mass is 9.75. The van der Waals surface area contributed by atoms with Crippen LogP contribution < -0.4 is 4.90 Å². The van der Waals surface area contributed by atoms with Crippen LogP contribution in [0.1, 0.15) is 29.0 Å².